The zero-order valence-electron chi connectivity index (χ0n) is 12.9. The molecule has 6 nitrogen and oxygen atoms in total. The predicted octanol–water partition coefficient (Wildman–Crippen LogP) is 1.87. The van der Waals surface area contributed by atoms with Crippen molar-refractivity contribution in [2.24, 2.45) is 5.41 Å². The van der Waals surface area contributed by atoms with Crippen LogP contribution in [0.2, 0.25) is 0 Å². The second-order valence-electron chi connectivity index (χ2n) is 5.70. The number of methoxy groups -OCH3 is 1. The van der Waals surface area contributed by atoms with Gasteiger partial charge < -0.3 is 19.2 Å². The van der Waals surface area contributed by atoms with Crippen molar-refractivity contribution in [3.63, 3.8) is 0 Å². The molecule has 1 aromatic heterocycles. The van der Waals surface area contributed by atoms with Gasteiger partial charge in [0, 0.05) is 11.1 Å². The van der Waals surface area contributed by atoms with Gasteiger partial charge in [-0.25, -0.2) is 9.59 Å². The molecule has 1 saturated heterocycles. The summed E-state index contributed by atoms with van der Waals surface area (Å²) in [5.74, 6) is -0.899. The van der Waals surface area contributed by atoms with Crippen LogP contribution in [0.25, 0.3) is 0 Å². The van der Waals surface area contributed by atoms with Crippen LogP contribution in [0.3, 0.4) is 0 Å². The Labute approximate surface area is 123 Å². The van der Waals surface area contributed by atoms with Gasteiger partial charge in [-0.1, -0.05) is 13.8 Å². The van der Waals surface area contributed by atoms with Gasteiger partial charge in [-0.15, -0.1) is 0 Å². The Bertz CT molecular complexity index is 557. The molecule has 1 N–H and O–H groups in total. The maximum absolute atomic E-state index is 12.2. The average Bonchev–Trinajstić information content (AvgIpc) is 2.78. The molecule has 1 fully saturated rings. The van der Waals surface area contributed by atoms with Crippen molar-refractivity contribution in [1.29, 1.82) is 0 Å². The maximum Gasteiger partial charge on any atom is 0.355 e. The molecule has 21 heavy (non-hydrogen) atoms. The van der Waals surface area contributed by atoms with E-state index >= 15 is 0 Å². The molecule has 2 heterocycles. The Morgan fingerprint density at radius 3 is 2.48 bits per heavy atom. The van der Waals surface area contributed by atoms with E-state index in [2.05, 4.69) is 4.98 Å². The fourth-order valence-electron chi connectivity index (χ4n) is 2.35. The van der Waals surface area contributed by atoms with E-state index < -0.39 is 11.9 Å². The third-order valence-corrected chi connectivity index (χ3v) is 3.73. The van der Waals surface area contributed by atoms with Gasteiger partial charge in [-0.3, -0.25) is 0 Å². The predicted molar refractivity (Wildman–Crippen MR) is 75.5 cm³/mol. The van der Waals surface area contributed by atoms with Crippen molar-refractivity contribution in [3.05, 3.63) is 22.5 Å². The van der Waals surface area contributed by atoms with Crippen molar-refractivity contribution < 1.29 is 23.8 Å². The summed E-state index contributed by atoms with van der Waals surface area (Å²) in [4.78, 5) is 27.0. The summed E-state index contributed by atoms with van der Waals surface area (Å²) in [7, 11) is 1.32. The molecule has 116 valence electrons. The first-order chi connectivity index (χ1) is 9.91. The molecule has 0 amide bonds. The molecule has 0 atom stereocenters. The number of ether oxygens (including phenoxy) is 3. The van der Waals surface area contributed by atoms with Crippen molar-refractivity contribution in [2.45, 2.75) is 27.2 Å². The first-order valence-electron chi connectivity index (χ1n) is 6.96. The summed E-state index contributed by atoms with van der Waals surface area (Å²) in [6, 6.07) is 0. The SMILES string of the molecule is CCc1[nH]c(C(=O)OCC2(C)COC2)c(C)c1C(=O)OC. The van der Waals surface area contributed by atoms with Gasteiger partial charge >= 0.3 is 11.9 Å². The van der Waals surface area contributed by atoms with Crippen molar-refractivity contribution >= 4 is 11.9 Å². The maximum atomic E-state index is 12.2. The lowest BCUT2D eigenvalue weighted by Crippen LogP contribution is -2.44. The molecule has 0 aromatic carbocycles. The molecule has 0 aliphatic carbocycles. The van der Waals surface area contributed by atoms with Gasteiger partial charge in [-0.05, 0) is 18.9 Å². The van der Waals surface area contributed by atoms with E-state index in [-0.39, 0.29) is 5.41 Å². The van der Waals surface area contributed by atoms with Gasteiger partial charge in [0.1, 0.15) is 12.3 Å². The van der Waals surface area contributed by atoms with Crippen LogP contribution in [-0.2, 0) is 20.6 Å². The van der Waals surface area contributed by atoms with Crippen LogP contribution in [0.5, 0.6) is 0 Å². The first-order valence-corrected chi connectivity index (χ1v) is 6.96. The number of rotatable bonds is 5. The Balaban J connectivity index is 2.17. The smallest absolute Gasteiger partial charge is 0.355 e. The number of esters is 2. The fraction of sp³-hybridized carbons (Fsp3) is 0.600. The molecular formula is C15H21NO5. The zero-order chi connectivity index (χ0) is 15.6. The Morgan fingerprint density at radius 1 is 1.33 bits per heavy atom. The third kappa shape index (κ3) is 2.95. The van der Waals surface area contributed by atoms with E-state index in [0.29, 0.717) is 48.8 Å². The van der Waals surface area contributed by atoms with Crippen molar-refractivity contribution in [1.82, 2.24) is 4.98 Å². The number of hydrogen-bond donors (Lipinski definition) is 1. The highest BCUT2D eigenvalue weighted by Gasteiger charge is 2.35. The van der Waals surface area contributed by atoms with E-state index in [1.807, 2.05) is 13.8 Å². The summed E-state index contributed by atoms with van der Waals surface area (Å²) in [6.45, 7) is 7.11. The summed E-state index contributed by atoms with van der Waals surface area (Å²) in [5.41, 5.74) is 1.89. The normalized spacial score (nSPS) is 16.2. The minimum Gasteiger partial charge on any atom is -0.465 e. The van der Waals surface area contributed by atoms with E-state index in [1.165, 1.54) is 7.11 Å². The van der Waals surface area contributed by atoms with Crippen LogP contribution in [0.4, 0.5) is 0 Å². The highest BCUT2D eigenvalue weighted by molar-refractivity contribution is 5.98. The summed E-state index contributed by atoms with van der Waals surface area (Å²) in [6.07, 6.45) is 0.601. The molecule has 0 saturated carbocycles. The van der Waals surface area contributed by atoms with Crippen LogP contribution in [0.1, 0.15) is 46.0 Å². The molecule has 0 radical (unpaired) electrons. The fourth-order valence-corrected chi connectivity index (χ4v) is 2.35. The number of aryl methyl sites for hydroxylation is 1. The summed E-state index contributed by atoms with van der Waals surface area (Å²) in [5, 5.41) is 0. The second kappa shape index (κ2) is 5.89. The number of nitrogens with one attached hydrogen (secondary N) is 1. The van der Waals surface area contributed by atoms with Gasteiger partial charge in [0.2, 0.25) is 0 Å². The lowest BCUT2D eigenvalue weighted by atomic mass is 9.90. The number of hydrogen-bond acceptors (Lipinski definition) is 5. The lowest BCUT2D eigenvalue weighted by Gasteiger charge is -2.37. The summed E-state index contributed by atoms with van der Waals surface area (Å²) < 4.78 is 15.2. The Morgan fingerprint density at radius 2 is 2.00 bits per heavy atom. The highest BCUT2D eigenvalue weighted by atomic mass is 16.5. The van der Waals surface area contributed by atoms with Crippen LogP contribution in [0, 0.1) is 12.3 Å². The van der Waals surface area contributed by atoms with Crippen LogP contribution >= 0.6 is 0 Å². The standard InChI is InChI=1S/C15H21NO5/c1-5-10-11(13(17)19-4)9(2)12(16-10)14(18)21-8-15(3)6-20-7-15/h16H,5-8H2,1-4H3. The largest absolute Gasteiger partial charge is 0.465 e. The molecule has 1 aromatic rings. The first kappa shape index (κ1) is 15.6. The van der Waals surface area contributed by atoms with Crippen molar-refractivity contribution in [2.75, 3.05) is 26.9 Å². The number of H-pyrrole nitrogens is 1. The molecule has 2 rings (SSSR count). The quantitative estimate of drug-likeness (QED) is 0.839. The number of aromatic nitrogens is 1. The topological polar surface area (TPSA) is 77.6 Å². The molecule has 0 spiro atoms. The van der Waals surface area contributed by atoms with Gasteiger partial charge in [-0.2, -0.15) is 0 Å². The minimum atomic E-state index is -0.453. The zero-order valence-corrected chi connectivity index (χ0v) is 12.9. The number of aromatic amines is 1. The van der Waals surface area contributed by atoms with E-state index in [4.69, 9.17) is 14.2 Å². The number of carbonyl (C=O) groups excluding carboxylic acids is 2. The van der Waals surface area contributed by atoms with Crippen molar-refractivity contribution in [3.8, 4) is 0 Å². The molecular weight excluding hydrogens is 274 g/mol. The second-order valence-corrected chi connectivity index (χ2v) is 5.70. The Kier molecular flexibility index (Phi) is 4.37. The minimum absolute atomic E-state index is 0.102. The van der Waals surface area contributed by atoms with Gasteiger partial charge in [0.15, 0.2) is 0 Å². The average molecular weight is 295 g/mol. The highest BCUT2D eigenvalue weighted by Crippen LogP contribution is 2.27. The van der Waals surface area contributed by atoms with E-state index in [9.17, 15) is 9.59 Å². The molecule has 1 aliphatic heterocycles. The molecule has 0 bridgehead atoms. The van der Waals surface area contributed by atoms with Gasteiger partial charge in [0.25, 0.3) is 0 Å². The van der Waals surface area contributed by atoms with Crippen LogP contribution in [0.15, 0.2) is 0 Å². The molecule has 6 heteroatoms. The third-order valence-electron chi connectivity index (χ3n) is 3.73. The van der Waals surface area contributed by atoms with E-state index in [1.54, 1.807) is 6.92 Å². The molecule has 1 aliphatic rings. The van der Waals surface area contributed by atoms with E-state index in [0.717, 1.165) is 0 Å². The molecule has 0 unspecified atom stereocenters. The van der Waals surface area contributed by atoms with Crippen LogP contribution in [-0.4, -0.2) is 43.9 Å². The van der Waals surface area contributed by atoms with Gasteiger partial charge in [0.05, 0.1) is 25.9 Å². The Hall–Kier alpha value is -1.82. The van der Waals surface area contributed by atoms with Crippen LogP contribution < -0.4 is 0 Å². The number of carbonyl (C=O) groups is 2. The summed E-state index contributed by atoms with van der Waals surface area (Å²) >= 11 is 0. The monoisotopic (exact) mass is 295 g/mol. The lowest BCUT2D eigenvalue weighted by molar-refractivity contribution is -0.127.